The molecule has 35 heavy (non-hydrogen) atoms. The van der Waals surface area contributed by atoms with Crippen molar-refractivity contribution in [1.82, 2.24) is 0 Å². The minimum atomic E-state index is -3.46. The van der Waals surface area contributed by atoms with Crippen molar-refractivity contribution in [2.24, 2.45) is 5.92 Å². The van der Waals surface area contributed by atoms with E-state index in [1.165, 1.54) is 12.1 Å². The quantitative estimate of drug-likeness (QED) is 0.159. The molecule has 1 aliphatic carbocycles. The Morgan fingerprint density at radius 2 is 1.89 bits per heavy atom. The molecule has 0 aromatic heterocycles. The molecule has 1 aromatic rings. The average Bonchev–Trinajstić information content (AvgIpc) is 3.19. The minimum absolute atomic E-state index is 0.00303. The second-order valence-corrected chi connectivity index (χ2v) is 10.6. The molecule has 2 atom stereocenters. The van der Waals surface area contributed by atoms with Gasteiger partial charge in [0.05, 0.1) is 16.8 Å². The highest BCUT2D eigenvalue weighted by Gasteiger charge is 2.22. The Balaban J connectivity index is 1.65. The van der Waals surface area contributed by atoms with E-state index in [2.05, 4.69) is 0 Å². The monoisotopic (exact) mass is 500 g/mol. The smallest absolute Gasteiger partial charge is 0.305 e. The number of rotatable bonds is 15. The number of esters is 1. The molecule has 0 fully saturated rings. The van der Waals surface area contributed by atoms with Gasteiger partial charge in [0.25, 0.3) is 0 Å². The molecule has 6 nitrogen and oxygen atoms in total. The number of carbonyl (C=O) groups excluding carboxylic acids is 2. The summed E-state index contributed by atoms with van der Waals surface area (Å²) in [7, 11) is -3.46. The Morgan fingerprint density at radius 3 is 2.63 bits per heavy atom. The summed E-state index contributed by atoms with van der Waals surface area (Å²) in [6, 6.07) is 8.10. The van der Waals surface area contributed by atoms with E-state index in [1.807, 2.05) is 43.4 Å². The van der Waals surface area contributed by atoms with E-state index in [0.29, 0.717) is 32.1 Å². The lowest BCUT2D eigenvalue weighted by atomic mass is 9.96. The fraction of sp³-hybridized carbons (Fsp3) is 0.429. The largest absolute Gasteiger partial charge is 0.465 e. The van der Waals surface area contributed by atoms with E-state index in [4.69, 9.17) is 4.74 Å². The summed E-state index contributed by atoms with van der Waals surface area (Å²) in [5.74, 6) is -0.646. The zero-order chi connectivity index (χ0) is 25.5. The topological polar surface area (TPSA) is 97.7 Å². The molecule has 190 valence electrons. The number of benzene rings is 1. The van der Waals surface area contributed by atoms with Crippen LogP contribution in [0.1, 0.15) is 51.9 Å². The normalized spacial score (nSPS) is 18.2. The number of unbranched alkanes of at least 4 members (excludes halogenated alkanes) is 1. The van der Waals surface area contributed by atoms with Crippen LogP contribution in [-0.4, -0.2) is 43.7 Å². The Morgan fingerprint density at radius 1 is 1.11 bits per heavy atom. The van der Waals surface area contributed by atoms with Gasteiger partial charge in [-0.1, -0.05) is 61.6 Å². The van der Waals surface area contributed by atoms with Crippen molar-refractivity contribution in [3.05, 3.63) is 78.4 Å². The number of aliphatic hydroxyl groups is 1. The second kappa shape index (κ2) is 15.3. The van der Waals surface area contributed by atoms with Crippen LogP contribution in [0, 0.1) is 5.92 Å². The first-order chi connectivity index (χ1) is 16.8. The van der Waals surface area contributed by atoms with Gasteiger partial charge in [-0.05, 0) is 56.7 Å². The van der Waals surface area contributed by atoms with Crippen LogP contribution in [0.5, 0.6) is 0 Å². The van der Waals surface area contributed by atoms with Crippen LogP contribution in [0.2, 0.25) is 0 Å². The maximum atomic E-state index is 12.2. The number of allylic oxidation sites excluding steroid dienone is 6. The van der Waals surface area contributed by atoms with Crippen LogP contribution < -0.4 is 0 Å². The van der Waals surface area contributed by atoms with E-state index in [9.17, 15) is 23.1 Å². The highest BCUT2D eigenvalue weighted by Crippen LogP contribution is 2.26. The molecule has 0 bridgehead atoms. The number of carbonyl (C=O) groups is 2. The SMILES string of the molecule is CC/C=C\CC(O)C/C=C1/C(=O)C=CC1C/C=C\CCCC(=O)OCCS(=O)(=O)c1ccccc1. The lowest BCUT2D eigenvalue weighted by molar-refractivity contribution is -0.143. The third kappa shape index (κ3) is 10.6. The molecule has 0 saturated carbocycles. The van der Waals surface area contributed by atoms with E-state index in [1.54, 1.807) is 24.3 Å². The summed E-state index contributed by atoms with van der Waals surface area (Å²) >= 11 is 0. The number of hydrogen-bond acceptors (Lipinski definition) is 6. The first kappa shape index (κ1) is 28.5. The van der Waals surface area contributed by atoms with Crippen molar-refractivity contribution < 1.29 is 27.9 Å². The molecule has 1 aliphatic rings. The molecule has 0 saturated heterocycles. The van der Waals surface area contributed by atoms with Gasteiger partial charge in [-0.2, -0.15) is 0 Å². The van der Waals surface area contributed by atoms with Gasteiger partial charge in [-0.3, -0.25) is 9.59 Å². The van der Waals surface area contributed by atoms with Gasteiger partial charge in [0.15, 0.2) is 15.6 Å². The van der Waals surface area contributed by atoms with E-state index in [-0.39, 0.29) is 35.4 Å². The van der Waals surface area contributed by atoms with Crippen LogP contribution in [0.3, 0.4) is 0 Å². The molecule has 2 unspecified atom stereocenters. The maximum Gasteiger partial charge on any atom is 0.305 e. The summed E-state index contributed by atoms with van der Waals surface area (Å²) < 4.78 is 29.4. The number of aliphatic hydroxyl groups excluding tert-OH is 1. The summed E-state index contributed by atoms with van der Waals surface area (Å²) in [5.41, 5.74) is 0.724. The molecule has 1 N–H and O–H groups in total. The van der Waals surface area contributed by atoms with Gasteiger partial charge in [0, 0.05) is 17.9 Å². The van der Waals surface area contributed by atoms with Crippen LogP contribution >= 0.6 is 0 Å². The molecule has 0 amide bonds. The van der Waals surface area contributed by atoms with Crippen LogP contribution in [0.25, 0.3) is 0 Å². The Hall–Kier alpha value is -2.77. The summed E-state index contributed by atoms with van der Waals surface area (Å²) in [6.45, 7) is 1.88. The second-order valence-electron chi connectivity index (χ2n) is 8.45. The van der Waals surface area contributed by atoms with Gasteiger partial charge >= 0.3 is 5.97 Å². The third-order valence-electron chi connectivity index (χ3n) is 5.61. The molecule has 0 aliphatic heterocycles. The summed E-state index contributed by atoms with van der Waals surface area (Å²) in [6.07, 6.45) is 16.9. The predicted octanol–water partition coefficient (Wildman–Crippen LogP) is 4.91. The molecule has 1 aromatic carbocycles. The standard InChI is InChI=1S/C28H36O6S/c1-2-3-7-13-24(29)18-19-26-23(17-20-27(26)30)12-8-4-5-11-16-28(31)34-21-22-35(32,33)25-14-9-6-10-15-25/h3-4,6-10,14-15,17,19-20,23-24,29H,2,5,11-13,16,18,21-22H2,1H3/b7-3-,8-4-,26-19+. The Kier molecular flexibility index (Phi) is 12.4. The van der Waals surface area contributed by atoms with Gasteiger partial charge < -0.3 is 9.84 Å². The molecular weight excluding hydrogens is 464 g/mol. The van der Waals surface area contributed by atoms with Crippen LogP contribution in [0.15, 0.2) is 83.3 Å². The lowest BCUT2D eigenvalue weighted by Gasteiger charge is -2.10. The third-order valence-corrected chi connectivity index (χ3v) is 7.30. The van der Waals surface area contributed by atoms with E-state index >= 15 is 0 Å². The zero-order valence-electron chi connectivity index (χ0n) is 20.3. The van der Waals surface area contributed by atoms with E-state index in [0.717, 1.165) is 12.0 Å². The average molecular weight is 501 g/mol. The van der Waals surface area contributed by atoms with Gasteiger partial charge in [0.2, 0.25) is 0 Å². The Bertz CT molecular complexity index is 1030. The lowest BCUT2D eigenvalue weighted by Crippen LogP contribution is -2.15. The summed E-state index contributed by atoms with van der Waals surface area (Å²) in [5, 5.41) is 10.1. The van der Waals surface area contributed by atoms with Crippen molar-refractivity contribution in [3.63, 3.8) is 0 Å². The van der Waals surface area contributed by atoms with Crippen molar-refractivity contribution in [3.8, 4) is 0 Å². The first-order valence-corrected chi connectivity index (χ1v) is 13.8. The fourth-order valence-corrected chi connectivity index (χ4v) is 4.74. The van der Waals surface area contributed by atoms with Gasteiger partial charge in [-0.15, -0.1) is 0 Å². The van der Waals surface area contributed by atoms with Crippen molar-refractivity contribution in [2.45, 2.75) is 62.9 Å². The Labute approximate surface area is 209 Å². The zero-order valence-corrected chi connectivity index (χ0v) is 21.2. The highest BCUT2D eigenvalue weighted by molar-refractivity contribution is 7.91. The number of sulfone groups is 1. The molecule has 7 heteroatoms. The van der Waals surface area contributed by atoms with Gasteiger partial charge in [-0.25, -0.2) is 8.42 Å². The van der Waals surface area contributed by atoms with Crippen LogP contribution in [-0.2, 0) is 24.2 Å². The highest BCUT2D eigenvalue weighted by atomic mass is 32.2. The van der Waals surface area contributed by atoms with Crippen molar-refractivity contribution in [2.75, 3.05) is 12.4 Å². The van der Waals surface area contributed by atoms with E-state index < -0.39 is 21.9 Å². The molecule has 2 rings (SSSR count). The molecule has 0 heterocycles. The molecule has 0 spiro atoms. The predicted molar refractivity (Wildman–Crippen MR) is 137 cm³/mol. The molecule has 0 radical (unpaired) electrons. The van der Waals surface area contributed by atoms with Crippen LogP contribution in [0.4, 0.5) is 0 Å². The maximum absolute atomic E-state index is 12.2. The fourth-order valence-electron chi connectivity index (χ4n) is 3.63. The van der Waals surface area contributed by atoms with Crippen molar-refractivity contribution in [1.29, 1.82) is 0 Å². The number of ether oxygens (including phenoxy) is 1. The van der Waals surface area contributed by atoms with Crippen molar-refractivity contribution >= 4 is 21.6 Å². The summed E-state index contributed by atoms with van der Waals surface area (Å²) in [4.78, 5) is 24.2. The molecular formula is C28H36O6S. The number of ketones is 1. The number of hydrogen-bond donors (Lipinski definition) is 1. The first-order valence-electron chi connectivity index (χ1n) is 12.2. The minimum Gasteiger partial charge on any atom is -0.465 e. The van der Waals surface area contributed by atoms with Gasteiger partial charge in [0.1, 0.15) is 6.61 Å².